The third-order valence-corrected chi connectivity index (χ3v) is 9.10. The summed E-state index contributed by atoms with van der Waals surface area (Å²) < 4.78 is 33.7. The van der Waals surface area contributed by atoms with Gasteiger partial charge in [-0.25, -0.2) is 0 Å². The molecule has 0 aromatic rings. The number of allylic oxidation sites excluding steroid dienone is 8. The first kappa shape index (κ1) is 50.7. The van der Waals surface area contributed by atoms with Crippen molar-refractivity contribution in [3.05, 3.63) is 60.8 Å². The quantitative estimate of drug-likeness (QED) is 0.0167. The van der Waals surface area contributed by atoms with Crippen LogP contribution in [-0.4, -0.2) is 81.2 Å². The van der Waals surface area contributed by atoms with Crippen molar-refractivity contribution in [1.29, 1.82) is 0 Å². The lowest BCUT2D eigenvalue weighted by atomic mass is 10.1. The first-order valence-corrected chi connectivity index (χ1v) is 21.6. The van der Waals surface area contributed by atoms with Crippen LogP contribution in [-0.2, 0) is 32.7 Å². The van der Waals surface area contributed by atoms with Gasteiger partial charge in [0.2, 0.25) is 0 Å². The molecule has 0 heterocycles. The molecule has 2 unspecified atom stereocenters. The number of aliphatic hydroxyl groups is 1. The van der Waals surface area contributed by atoms with Crippen LogP contribution in [0.5, 0.6) is 0 Å². The van der Waals surface area contributed by atoms with Gasteiger partial charge in [-0.1, -0.05) is 139 Å². The highest BCUT2D eigenvalue weighted by molar-refractivity contribution is 7.45. The molecule has 1 N–H and O–H groups in total. The minimum atomic E-state index is -4.65. The Morgan fingerprint density at radius 1 is 0.717 bits per heavy atom. The van der Waals surface area contributed by atoms with E-state index in [4.69, 9.17) is 18.5 Å². The lowest BCUT2D eigenvalue weighted by Crippen LogP contribution is -2.37. The lowest BCUT2D eigenvalue weighted by molar-refractivity contribution is -0.870. The van der Waals surface area contributed by atoms with Gasteiger partial charge in [-0.3, -0.25) is 14.2 Å². The van der Waals surface area contributed by atoms with Gasteiger partial charge in [-0.05, 0) is 44.9 Å². The summed E-state index contributed by atoms with van der Waals surface area (Å²) in [5, 5.41) is 10.0. The van der Waals surface area contributed by atoms with Crippen molar-refractivity contribution in [2.45, 2.75) is 148 Å². The van der Waals surface area contributed by atoms with E-state index in [1.54, 1.807) is 6.08 Å². The summed E-state index contributed by atoms with van der Waals surface area (Å²) in [6.45, 7) is 3.92. The van der Waals surface area contributed by atoms with Gasteiger partial charge >= 0.3 is 11.9 Å². The summed E-state index contributed by atoms with van der Waals surface area (Å²) >= 11 is 0. The van der Waals surface area contributed by atoms with E-state index in [0.29, 0.717) is 36.7 Å². The Kier molecular flexibility index (Phi) is 32.7. The van der Waals surface area contributed by atoms with Crippen molar-refractivity contribution < 1.29 is 47.2 Å². The van der Waals surface area contributed by atoms with Crippen molar-refractivity contribution >= 4 is 19.8 Å². The molecule has 53 heavy (non-hydrogen) atoms. The first-order valence-electron chi connectivity index (χ1n) is 20.1. The van der Waals surface area contributed by atoms with E-state index in [-0.39, 0.29) is 26.1 Å². The summed E-state index contributed by atoms with van der Waals surface area (Å²) in [5.74, 6) is -0.948. The maximum Gasteiger partial charge on any atom is 0.306 e. The van der Waals surface area contributed by atoms with E-state index >= 15 is 0 Å². The molecule has 0 saturated carbocycles. The number of phosphoric acid groups is 1. The molecule has 0 saturated heterocycles. The van der Waals surface area contributed by atoms with Gasteiger partial charge in [0.25, 0.3) is 7.82 Å². The van der Waals surface area contributed by atoms with Crippen LogP contribution in [0.1, 0.15) is 136 Å². The SMILES string of the molecule is CC/C=C\C/C=C\CC(O)/C=C/C=C\C/C=C\CCCC(=O)OC[C@H](COP(=O)([O-])OCC[N+](C)(C)C)OC(=O)CCCCCCCCCCCCC. The second kappa shape index (κ2) is 34.2. The highest BCUT2D eigenvalue weighted by Gasteiger charge is 2.21. The Balaban J connectivity index is 4.57. The van der Waals surface area contributed by atoms with E-state index in [1.807, 2.05) is 57.6 Å². The number of hydrogen-bond acceptors (Lipinski definition) is 9. The van der Waals surface area contributed by atoms with Crippen LogP contribution in [0, 0.1) is 0 Å². The van der Waals surface area contributed by atoms with Gasteiger partial charge in [0, 0.05) is 12.8 Å². The molecule has 11 heteroatoms. The summed E-state index contributed by atoms with van der Waals surface area (Å²) in [6, 6.07) is 0. The molecule has 0 spiro atoms. The van der Waals surface area contributed by atoms with Crippen LogP contribution in [0.3, 0.4) is 0 Å². The molecule has 0 aliphatic rings. The van der Waals surface area contributed by atoms with Crippen molar-refractivity contribution in [3.63, 3.8) is 0 Å². The van der Waals surface area contributed by atoms with E-state index in [1.165, 1.54) is 44.9 Å². The van der Waals surface area contributed by atoms with Crippen molar-refractivity contribution in [2.24, 2.45) is 0 Å². The van der Waals surface area contributed by atoms with Gasteiger partial charge in [-0.15, -0.1) is 0 Å². The summed E-state index contributed by atoms with van der Waals surface area (Å²) in [6.07, 6.45) is 35.7. The van der Waals surface area contributed by atoms with Crippen molar-refractivity contribution in [2.75, 3.05) is 47.5 Å². The summed E-state index contributed by atoms with van der Waals surface area (Å²) in [4.78, 5) is 37.3. The zero-order valence-electron chi connectivity index (χ0n) is 33.8. The molecule has 0 aliphatic heterocycles. The molecule has 0 bridgehead atoms. The Morgan fingerprint density at radius 2 is 1.32 bits per heavy atom. The zero-order valence-corrected chi connectivity index (χ0v) is 34.7. The van der Waals surface area contributed by atoms with E-state index < -0.39 is 38.6 Å². The van der Waals surface area contributed by atoms with E-state index in [9.17, 15) is 24.2 Å². The number of phosphoric ester groups is 1. The number of aliphatic hydroxyl groups excluding tert-OH is 1. The second-order valence-electron chi connectivity index (χ2n) is 14.5. The fourth-order valence-corrected chi connectivity index (χ4v) is 5.68. The van der Waals surface area contributed by atoms with Gasteiger partial charge in [0.15, 0.2) is 6.10 Å². The van der Waals surface area contributed by atoms with Crippen LogP contribution in [0.2, 0.25) is 0 Å². The predicted molar refractivity (Wildman–Crippen MR) is 214 cm³/mol. The first-order chi connectivity index (χ1) is 25.4. The second-order valence-corrected chi connectivity index (χ2v) is 15.9. The number of unbranched alkanes of at least 4 members (excludes halogenated alkanes) is 11. The minimum absolute atomic E-state index is 0.0513. The molecule has 0 amide bonds. The fraction of sp³-hybridized carbons (Fsp3) is 0.714. The predicted octanol–water partition coefficient (Wildman–Crippen LogP) is 9.24. The number of ether oxygens (including phenoxy) is 2. The minimum Gasteiger partial charge on any atom is -0.756 e. The van der Waals surface area contributed by atoms with Crippen LogP contribution in [0.4, 0.5) is 0 Å². The molecule has 0 aromatic carbocycles. The van der Waals surface area contributed by atoms with Gasteiger partial charge in [-0.2, -0.15) is 0 Å². The van der Waals surface area contributed by atoms with Crippen LogP contribution >= 0.6 is 7.82 Å². The van der Waals surface area contributed by atoms with Crippen molar-refractivity contribution in [1.82, 2.24) is 0 Å². The number of nitrogens with zero attached hydrogens (tertiary/aromatic N) is 1. The highest BCUT2D eigenvalue weighted by atomic mass is 31.2. The topological polar surface area (TPSA) is 131 Å². The number of quaternary nitrogens is 1. The Bertz CT molecular complexity index is 1110. The monoisotopic (exact) mass is 768 g/mol. The highest BCUT2D eigenvalue weighted by Crippen LogP contribution is 2.38. The lowest BCUT2D eigenvalue weighted by Gasteiger charge is -2.28. The molecule has 0 rings (SSSR count). The largest absolute Gasteiger partial charge is 0.756 e. The van der Waals surface area contributed by atoms with Gasteiger partial charge < -0.3 is 33.0 Å². The molecule has 10 nitrogen and oxygen atoms in total. The smallest absolute Gasteiger partial charge is 0.306 e. The number of carbonyl (C=O) groups excluding carboxylic acids is 2. The molecule has 0 aromatic heterocycles. The maximum atomic E-state index is 12.6. The van der Waals surface area contributed by atoms with Gasteiger partial charge in [0.1, 0.15) is 19.8 Å². The molecular weight excluding hydrogens is 693 g/mol. The third-order valence-electron chi connectivity index (χ3n) is 8.13. The molecular formula is C42H74NO9P. The number of likely N-dealkylation sites (N-methyl/N-ethyl adjacent to an activating group) is 1. The average Bonchev–Trinajstić information content (AvgIpc) is 3.10. The maximum absolute atomic E-state index is 12.6. The molecule has 0 aliphatic carbocycles. The number of rotatable bonds is 35. The standard InChI is InChI=1S/C42H74NO9P/c1-6-8-10-12-14-15-16-17-22-26-30-34-42(46)52-40(38-51-53(47,48)50-36-35-43(3,4)5)37-49-41(45)33-29-25-21-19-18-20-24-28-32-39(44)31-27-23-13-11-9-7-2/h9,11,19-21,23-24,27-28,32,39-40,44H,6-8,10,12-18,22,25-26,29-31,33-38H2,1-5H3/b11-9-,21-19-,24-20-,27-23-,32-28+/t39?,40-/m1/s1. The van der Waals surface area contributed by atoms with Crippen molar-refractivity contribution in [3.8, 4) is 0 Å². The van der Waals surface area contributed by atoms with E-state index in [0.717, 1.165) is 38.5 Å². The Labute approximate surface area is 322 Å². The molecule has 3 atom stereocenters. The normalized spacial score (nSPS) is 14.9. The fourth-order valence-electron chi connectivity index (χ4n) is 4.95. The zero-order chi connectivity index (χ0) is 39.5. The number of esters is 2. The summed E-state index contributed by atoms with van der Waals surface area (Å²) in [7, 11) is 1.09. The van der Waals surface area contributed by atoms with Crippen LogP contribution in [0.15, 0.2) is 60.8 Å². The number of carbonyl (C=O) groups is 2. The Morgan fingerprint density at radius 3 is 1.98 bits per heavy atom. The van der Waals surface area contributed by atoms with Gasteiger partial charge in [0.05, 0.1) is 33.9 Å². The van der Waals surface area contributed by atoms with Crippen LogP contribution < -0.4 is 4.89 Å². The average molecular weight is 768 g/mol. The molecule has 306 valence electrons. The Hall–Kier alpha value is -2.33. The molecule has 0 fully saturated rings. The number of hydrogen-bond donors (Lipinski definition) is 1. The van der Waals surface area contributed by atoms with E-state index in [2.05, 4.69) is 32.1 Å². The molecule has 0 radical (unpaired) electrons. The summed E-state index contributed by atoms with van der Waals surface area (Å²) in [5.41, 5.74) is 0. The third kappa shape index (κ3) is 37.8. The van der Waals surface area contributed by atoms with Crippen LogP contribution in [0.25, 0.3) is 0 Å².